The summed E-state index contributed by atoms with van der Waals surface area (Å²) in [5, 5.41) is -0.0815. The number of carbonyl (C=O) groups excluding carboxylic acids is 3. The van der Waals surface area contributed by atoms with E-state index in [0.717, 1.165) is 16.7 Å². The van der Waals surface area contributed by atoms with Gasteiger partial charge in [-0.15, -0.1) is 0 Å². The predicted octanol–water partition coefficient (Wildman–Crippen LogP) is 4.40. The second kappa shape index (κ2) is 10.9. The zero-order valence-electron chi connectivity index (χ0n) is 16.7. The van der Waals surface area contributed by atoms with E-state index >= 15 is 0 Å². The van der Waals surface area contributed by atoms with Crippen molar-refractivity contribution in [3.05, 3.63) is 64.0 Å². The molecule has 1 saturated heterocycles. The summed E-state index contributed by atoms with van der Waals surface area (Å²) in [4.78, 5) is 37.7. The molecule has 3 rings (SSSR count). The molecule has 9 heteroatoms. The van der Waals surface area contributed by atoms with Crippen LogP contribution >= 0.6 is 23.4 Å². The van der Waals surface area contributed by atoms with Crippen LogP contribution < -0.4 is 9.47 Å². The smallest absolute Gasteiger partial charge is 0.344 e. The van der Waals surface area contributed by atoms with Gasteiger partial charge in [-0.25, -0.2) is 4.79 Å². The van der Waals surface area contributed by atoms with Gasteiger partial charge in [0.2, 0.25) is 0 Å². The molecular formula is C22H20ClNO6S. The molecular weight excluding hydrogens is 442 g/mol. The molecule has 0 aliphatic carbocycles. The molecule has 0 aromatic heterocycles. The number of imide groups is 1. The van der Waals surface area contributed by atoms with E-state index < -0.39 is 5.97 Å². The van der Waals surface area contributed by atoms with Crippen molar-refractivity contribution in [1.29, 1.82) is 0 Å². The fourth-order valence-corrected chi connectivity index (χ4v) is 3.79. The summed E-state index contributed by atoms with van der Waals surface area (Å²) in [6.45, 7) is 2.07. The van der Waals surface area contributed by atoms with Crippen molar-refractivity contribution in [2.24, 2.45) is 0 Å². The first-order valence-corrected chi connectivity index (χ1v) is 10.7. The first-order chi connectivity index (χ1) is 15.0. The molecule has 0 spiro atoms. The van der Waals surface area contributed by atoms with E-state index in [2.05, 4.69) is 0 Å². The Morgan fingerprint density at radius 1 is 1.13 bits per heavy atom. The van der Waals surface area contributed by atoms with E-state index in [4.69, 9.17) is 25.8 Å². The number of ether oxygens (including phenoxy) is 3. The maximum absolute atomic E-state index is 12.6. The molecule has 2 aromatic carbocycles. The number of hydrogen-bond acceptors (Lipinski definition) is 7. The number of amides is 2. The van der Waals surface area contributed by atoms with Gasteiger partial charge >= 0.3 is 5.97 Å². The van der Waals surface area contributed by atoms with Crippen molar-refractivity contribution in [3.63, 3.8) is 0 Å². The molecule has 7 nitrogen and oxygen atoms in total. The molecule has 2 amide bonds. The summed E-state index contributed by atoms with van der Waals surface area (Å²) in [6.07, 6.45) is 1.59. The molecule has 0 atom stereocenters. The van der Waals surface area contributed by atoms with Crippen LogP contribution in [0.1, 0.15) is 12.5 Å². The lowest BCUT2D eigenvalue weighted by molar-refractivity contribution is -0.145. The zero-order valence-corrected chi connectivity index (χ0v) is 18.3. The normalized spacial score (nSPS) is 14.8. The molecule has 0 saturated carbocycles. The van der Waals surface area contributed by atoms with E-state index in [1.807, 2.05) is 18.2 Å². The third kappa shape index (κ3) is 6.26. The summed E-state index contributed by atoms with van der Waals surface area (Å²) in [7, 11) is 0. The topological polar surface area (TPSA) is 82.1 Å². The quantitative estimate of drug-likeness (QED) is 0.404. The number of halogens is 1. The maximum atomic E-state index is 12.6. The highest BCUT2D eigenvalue weighted by Crippen LogP contribution is 2.33. The zero-order chi connectivity index (χ0) is 22.2. The van der Waals surface area contributed by atoms with Crippen molar-refractivity contribution >= 4 is 46.6 Å². The minimum absolute atomic E-state index is 0.151. The van der Waals surface area contributed by atoms with E-state index in [0.29, 0.717) is 22.0 Å². The van der Waals surface area contributed by atoms with Gasteiger partial charge in [0.1, 0.15) is 18.1 Å². The van der Waals surface area contributed by atoms with Gasteiger partial charge in [-0.2, -0.15) is 0 Å². The van der Waals surface area contributed by atoms with Crippen LogP contribution in [0.5, 0.6) is 11.5 Å². The van der Waals surface area contributed by atoms with Gasteiger partial charge < -0.3 is 14.2 Å². The van der Waals surface area contributed by atoms with E-state index in [-0.39, 0.29) is 42.5 Å². The number of thioether (sulfide) groups is 1. The molecule has 1 aliphatic heterocycles. The minimum Gasteiger partial charge on any atom is -0.492 e. The maximum Gasteiger partial charge on any atom is 0.344 e. The molecule has 1 aliphatic rings. The Bertz CT molecular complexity index is 995. The Morgan fingerprint density at radius 3 is 2.61 bits per heavy atom. The second-order valence-corrected chi connectivity index (χ2v) is 7.68. The largest absolute Gasteiger partial charge is 0.492 e. The Morgan fingerprint density at radius 2 is 1.90 bits per heavy atom. The lowest BCUT2D eigenvalue weighted by Gasteiger charge is -2.13. The number of para-hydroxylation sites is 1. The van der Waals surface area contributed by atoms with Crippen molar-refractivity contribution in [2.75, 3.05) is 26.4 Å². The van der Waals surface area contributed by atoms with Gasteiger partial charge in [0, 0.05) is 0 Å². The van der Waals surface area contributed by atoms with Crippen molar-refractivity contribution in [3.8, 4) is 11.5 Å². The number of hydrogen-bond donors (Lipinski definition) is 0. The van der Waals surface area contributed by atoms with Crippen LogP contribution in [0.3, 0.4) is 0 Å². The first-order valence-electron chi connectivity index (χ1n) is 9.49. The molecule has 1 heterocycles. The monoisotopic (exact) mass is 461 g/mol. The number of carbonyl (C=O) groups is 3. The fraction of sp³-hybridized carbons (Fsp3) is 0.227. The first kappa shape index (κ1) is 22.7. The summed E-state index contributed by atoms with van der Waals surface area (Å²) >= 11 is 7.06. The highest BCUT2D eigenvalue weighted by Gasteiger charge is 2.34. The number of benzene rings is 2. The third-order valence-electron chi connectivity index (χ3n) is 4.10. The van der Waals surface area contributed by atoms with Gasteiger partial charge in [-0.1, -0.05) is 35.9 Å². The summed E-state index contributed by atoms with van der Waals surface area (Å²) in [6, 6.07) is 14.0. The van der Waals surface area contributed by atoms with Crippen LogP contribution in [0.15, 0.2) is 53.4 Å². The molecule has 31 heavy (non-hydrogen) atoms. The molecule has 2 aromatic rings. The summed E-state index contributed by atoms with van der Waals surface area (Å²) < 4.78 is 15.7. The van der Waals surface area contributed by atoms with Gasteiger partial charge in [0.05, 0.1) is 23.1 Å². The average molecular weight is 462 g/mol. The number of esters is 1. The minimum atomic E-state index is -0.493. The molecule has 0 unspecified atom stereocenters. The molecule has 0 N–H and O–H groups in total. The Hall–Kier alpha value is -2.97. The molecule has 0 bridgehead atoms. The standard InChI is InChI=1S/C22H20ClNO6S/c1-2-28-20(25)14-30-18-9-8-15(12-17(18)23)13-19-21(26)24(22(27)31-19)10-11-29-16-6-4-3-5-7-16/h3-9,12-13H,2,10-11,14H2,1H3/b19-13-. The summed E-state index contributed by atoms with van der Waals surface area (Å²) in [5.41, 5.74) is 0.625. The van der Waals surface area contributed by atoms with Crippen LogP contribution in [-0.4, -0.2) is 48.4 Å². The van der Waals surface area contributed by atoms with Gasteiger partial charge in [-0.05, 0) is 54.6 Å². The van der Waals surface area contributed by atoms with Crippen molar-refractivity contribution in [1.82, 2.24) is 4.90 Å². The Kier molecular flexibility index (Phi) is 7.97. The predicted molar refractivity (Wildman–Crippen MR) is 118 cm³/mol. The van der Waals surface area contributed by atoms with Crippen LogP contribution in [0.4, 0.5) is 4.79 Å². The number of nitrogens with zero attached hydrogens (tertiary/aromatic N) is 1. The van der Waals surface area contributed by atoms with Gasteiger partial charge in [-0.3, -0.25) is 14.5 Å². The Labute approximate surface area is 188 Å². The highest BCUT2D eigenvalue weighted by molar-refractivity contribution is 8.18. The fourth-order valence-electron chi connectivity index (χ4n) is 2.68. The molecule has 1 fully saturated rings. The number of rotatable bonds is 9. The van der Waals surface area contributed by atoms with E-state index in [1.54, 1.807) is 43.3 Å². The average Bonchev–Trinajstić information content (AvgIpc) is 3.01. The second-order valence-electron chi connectivity index (χ2n) is 6.28. The van der Waals surface area contributed by atoms with Crippen LogP contribution in [0.25, 0.3) is 6.08 Å². The van der Waals surface area contributed by atoms with Crippen LogP contribution in [-0.2, 0) is 14.3 Å². The highest BCUT2D eigenvalue weighted by atomic mass is 35.5. The lowest BCUT2D eigenvalue weighted by atomic mass is 10.2. The Balaban J connectivity index is 1.60. The van der Waals surface area contributed by atoms with Crippen molar-refractivity contribution in [2.45, 2.75) is 6.92 Å². The van der Waals surface area contributed by atoms with Crippen molar-refractivity contribution < 1.29 is 28.6 Å². The van der Waals surface area contributed by atoms with Gasteiger partial charge in [0.15, 0.2) is 6.61 Å². The van der Waals surface area contributed by atoms with Gasteiger partial charge in [0.25, 0.3) is 11.1 Å². The third-order valence-corrected chi connectivity index (χ3v) is 5.31. The lowest BCUT2D eigenvalue weighted by Crippen LogP contribution is -2.32. The van der Waals surface area contributed by atoms with E-state index in [9.17, 15) is 14.4 Å². The molecule has 0 radical (unpaired) electrons. The van der Waals surface area contributed by atoms with Crippen LogP contribution in [0, 0.1) is 0 Å². The van der Waals surface area contributed by atoms with Crippen LogP contribution in [0.2, 0.25) is 5.02 Å². The summed E-state index contributed by atoms with van der Waals surface area (Å²) in [5.74, 6) is 0.112. The molecule has 162 valence electrons. The SMILES string of the molecule is CCOC(=O)COc1ccc(/C=C2\SC(=O)N(CCOc3ccccc3)C2=O)cc1Cl. The van der Waals surface area contributed by atoms with E-state index in [1.165, 1.54) is 0 Å².